The highest BCUT2D eigenvalue weighted by Crippen LogP contribution is 2.16. The molecule has 0 saturated carbocycles. The quantitative estimate of drug-likeness (QED) is 0.865. The molecule has 20 heavy (non-hydrogen) atoms. The Balaban J connectivity index is 2.06. The number of fused-ring (bicyclic) bond motifs is 1. The zero-order chi connectivity index (χ0) is 14.1. The lowest BCUT2D eigenvalue weighted by Gasteiger charge is -2.24. The van der Waals surface area contributed by atoms with Crippen LogP contribution in [0.3, 0.4) is 0 Å². The summed E-state index contributed by atoms with van der Waals surface area (Å²) in [7, 11) is 0. The van der Waals surface area contributed by atoms with Crippen molar-refractivity contribution in [2.45, 2.75) is 31.8 Å². The number of aromatic nitrogens is 2. The molecule has 0 amide bonds. The van der Waals surface area contributed by atoms with Crippen molar-refractivity contribution in [2.75, 3.05) is 6.54 Å². The Morgan fingerprint density at radius 2 is 2.30 bits per heavy atom. The molecule has 2 aromatic rings. The van der Waals surface area contributed by atoms with E-state index >= 15 is 0 Å². The molecule has 6 heteroatoms. The molecule has 1 unspecified atom stereocenters. The van der Waals surface area contributed by atoms with E-state index in [9.17, 15) is 9.18 Å². The molecule has 1 saturated heterocycles. The summed E-state index contributed by atoms with van der Waals surface area (Å²) in [6, 6.07) is 4.56. The largest absolute Gasteiger partial charge is 0.312 e. The molecule has 0 aliphatic carbocycles. The maximum atomic E-state index is 13.8. The maximum absolute atomic E-state index is 13.8. The summed E-state index contributed by atoms with van der Waals surface area (Å²) in [5.41, 5.74) is -0.113. The molecule has 0 spiro atoms. The molecule has 3 rings (SSSR count). The topological polar surface area (TPSA) is 46.9 Å². The number of hydrogen-bond acceptors (Lipinski definition) is 3. The third-order valence-corrected chi connectivity index (χ3v) is 3.99. The first-order valence-corrected chi connectivity index (χ1v) is 7.12. The Morgan fingerprint density at radius 3 is 3.05 bits per heavy atom. The van der Waals surface area contributed by atoms with E-state index in [1.807, 2.05) is 0 Å². The predicted molar refractivity (Wildman–Crippen MR) is 76.6 cm³/mol. The summed E-state index contributed by atoms with van der Waals surface area (Å²) in [5, 5.41) is 3.46. The second-order valence-corrected chi connectivity index (χ2v) is 5.42. The molecule has 4 nitrogen and oxygen atoms in total. The van der Waals surface area contributed by atoms with Crippen molar-refractivity contribution >= 4 is 22.5 Å². The van der Waals surface area contributed by atoms with Crippen molar-refractivity contribution < 1.29 is 4.39 Å². The molecule has 106 valence electrons. The van der Waals surface area contributed by atoms with Gasteiger partial charge in [-0.15, -0.1) is 0 Å². The van der Waals surface area contributed by atoms with Crippen LogP contribution in [0.25, 0.3) is 10.9 Å². The van der Waals surface area contributed by atoms with E-state index in [1.54, 1.807) is 6.07 Å². The van der Waals surface area contributed by atoms with Crippen molar-refractivity contribution in [2.24, 2.45) is 0 Å². The first-order chi connectivity index (χ1) is 9.66. The standard InChI is InChI=1S/C14H15ClFN3O/c15-14-18-11-6-3-5-10(16)12(11)13(20)19(14)8-9-4-1-2-7-17-9/h3,5-6,9,17H,1-2,4,7-8H2. The first kappa shape index (κ1) is 13.5. The lowest BCUT2D eigenvalue weighted by molar-refractivity contribution is 0.359. The van der Waals surface area contributed by atoms with E-state index in [2.05, 4.69) is 10.3 Å². The van der Waals surface area contributed by atoms with E-state index < -0.39 is 11.4 Å². The summed E-state index contributed by atoms with van der Waals surface area (Å²) in [5.74, 6) is -0.554. The van der Waals surface area contributed by atoms with Crippen molar-refractivity contribution in [3.05, 3.63) is 39.7 Å². The third-order valence-electron chi connectivity index (χ3n) is 3.70. The molecular weight excluding hydrogens is 281 g/mol. The molecule has 0 bridgehead atoms. The fourth-order valence-corrected chi connectivity index (χ4v) is 2.89. The van der Waals surface area contributed by atoms with Crippen LogP contribution < -0.4 is 10.9 Å². The van der Waals surface area contributed by atoms with Gasteiger partial charge < -0.3 is 5.32 Å². The van der Waals surface area contributed by atoms with E-state index in [0.717, 1.165) is 25.8 Å². The van der Waals surface area contributed by atoms with Crippen LogP contribution in [-0.2, 0) is 6.54 Å². The zero-order valence-electron chi connectivity index (χ0n) is 10.9. The summed E-state index contributed by atoms with van der Waals surface area (Å²) in [6.07, 6.45) is 3.25. The van der Waals surface area contributed by atoms with Crippen molar-refractivity contribution in [3.8, 4) is 0 Å². The molecule has 2 heterocycles. The SMILES string of the molecule is O=c1c2c(F)cccc2nc(Cl)n1CC1CCCCN1. The van der Waals surface area contributed by atoms with E-state index in [4.69, 9.17) is 11.6 Å². The summed E-state index contributed by atoms with van der Waals surface area (Å²) >= 11 is 6.08. The molecule has 0 radical (unpaired) electrons. The fraction of sp³-hybridized carbons (Fsp3) is 0.429. The minimum Gasteiger partial charge on any atom is -0.312 e. The van der Waals surface area contributed by atoms with Gasteiger partial charge in [-0.1, -0.05) is 12.5 Å². The fourth-order valence-electron chi connectivity index (χ4n) is 2.65. The summed E-state index contributed by atoms with van der Waals surface area (Å²) in [4.78, 5) is 16.5. The predicted octanol–water partition coefficient (Wildman–Crippen LogP) is 2.33. The van der Waals surface area contributed by atoms with Gasteiger partial charge in [0.05, 0.1) is 5.52 Å². The first-order valence-electron chi connectivity index (χ1n) is 6.75. The van der Waals surface area contributed by atoms with E-state index in [-0.39, 0.29) is 16.7 Å². The molecule has 1 aliphatic heterocycles. The molecule has 1 fully saturated rings. The summed E-state index contributed by atoms with van der Waals surface area (Å²) in [6.45, 7) is 1.36. The van der Waals surface area contributed by atoms with E-state index in [1.165, 1.54) is 16.7 Å². The highest BCUT2D eigenvalue weighted by atomic mass is 35.5. The van der Waals surface area contributed by atoms with Gasteiger partial charge in [-0.05, 0) is 43.1 Å². The molecule has 1 aliphatic rings. The highest BCUT2D eigenvalue weighted by Gasteiger charge is 2.18. The zero-order valence-corrected chi connectivity index (χ0v) is 11.7. The van der Waals surface area contributed by atoms with Gasteiger partial charge in [-0.25, -0.2) is 9.37 Å². The number of nitrogens with zero attached hydrogens (tertiary/aromatic N) is 2. The lowest BCUT2D eigenvalue weighted by atomic mass is 10.1. The van der Waals surface area contributed by atoms with Crippen LogP contribution in [0.15, 0.2) is 23.0 Å². The molecule has 1 N–H and O–H groups in total. The number of piperidine rings is 1. The second kappa shape index (κ2) is 5.50. The Labute approximate surface area is 120 Å². The number of rotatable bonds is 2. The molecule has 1 atom stereocenters. The van der Waals surface area contributed by atoms with Crippen LogP contribution in [0.5, 0.6) is 0 Å². The number of benzene rings is 1. The van der Waals surface area contributed by atoms with Gasteiger partial charge in [0.15, 0.2) is 0 Å². The van der Waals surface area contributed by atoms with Gasteiger partial charge in [-0.2, -0.15) is 0 Å². The monoisotopic (exact) mass is 295 g/mol. The minimum atomic E-state index is -0.554. The Kier molecular flexibility index (Phi) is 3.72. The lowest BCUT2D eigenvalue weighted by Crippen LogP contribution is -2.40. The minimum absolute atomic E-state index is 0.00714. The van der Waals surface area contributed by atoms with Gasteiger partial charge in [0, 0.05) is 12.6 Å². The van der Waals surface area contributed by atoms with Crippen molar-refractivity contribution in [3.63, 3.8) is 0 Å². The van der Waals surface area contributed by atoms with Gasteiger partial charge in [0.1, 0.15) is 11.2 Å². The van der Waals surface area contributed by atoms with Crippen LogP contribution in [0, 0.1) is 5.82 Å². The number of nitrogens with one attached hydrogen (secondary N) is 1. The van der Waals surface area contributed by atoms with Crippen molar-refractivity contribution in [1.82, 2.24) is 14.9 Å². The molecule has 1 aromatic heterocycles. The maximum Gasteiger partial charge on any atom is 0.265 e. The van der Waals surface area contributed by atoms with Gasteiger partial charge in [0.25, 0.3) is 5.56 Å². The van der Waals surface area contributed by atoms with E-state index in [0.29, 0.717) is 12.1 Å². The normalized spacial score (nSPS) is 19.4. The van der Waals surface area contributed by atoms with Crippen LogP contribution >= 0.6 is 11.6 Å². The van der Waals surface area contributed by atoms with Crippen molar-refractivity contribution in [1.29, 1.82) is 0 Å². The number of halogens is 2. The average molecular weight is 296 g/mol. The van der Waals surface area contributed by atoms with Crippen LogP contribution in [0.1, 0.15) is 19.3 Å². The van der Waals surface area contributed by atoms with Gasteiger partial charge in [0.2, 0.25) is 5.28 Å². The summed E-state index contributed by atoms with van der Waals surface area (Å²) < 4.78 is 15.2. The Bertz CT molecular complexity index is 695. The third kappa shape index (κ3) is 2.43. The Hall–Kier alpha value is -1.46. The number of hydrogen-bond donors (Lipinski definition) is 1. The van der Waals surface area contributed by atoms with Crippen LogP contribution in [-0.4, -0.2) is 22.1 Å². The van der Waals surface area contributed by atoms with Gasteiger partial charge in [-0.3, -0.25) is 9.36 Å². The van der Waals surface area contributed by atoms with Crippen LogP contribution in [0.2, 0.25) is 5.28 Å². The Morgan fingerprint density at radius 1 is 1.45 bits per heavy atom. The molecule has 1 aromatic carbocycles. The smallest absolute Gasteiger partial charge is 0.265 e. The van der Waals surface area contributed by atoms with Crippen LogP contribution in [0.4, 0.5) is 4.39 Å². The average Bonchev–Trinajstić information content (AvgIpc) is 2.44. The van der Waals surface area contributed by atoms with Gasteiger partial charge >= 0.3 is 0 Å². The molecular formula is C14H15ClFN3O. The highest BCUT2D eigenvalue weighted by molar-refractivity contribution is 6.28. The second-order valence-electron chi connectivity index (χ2n) is 5.08.